The number of hydrogen-bond acceptors (Lipinski definition) is 5. The second kappa shape index (κ2) is 6.23. The van der Waals surface area contributed by atoms with Crippen molar-refractivity contribution < 1.29 is 23.4 Å². The molecule has 1 aromatic heterocycles. The molecule has 1 aromatic carbocycles. The maximum atomic E-state index is 11.3. The Morgan fingerprint density at radius 2 is 1.78 bits per heavy atom. The molecule has 0 spiro atoms. The predicted molar refractivity (Wildman–Crippen MR) is 85.2 cm³/mol. The standard InChI is InChI=1S/C15H20N2O5S/c1-4-12(22-3)13-9(2)14(18)17(15(13)19)10-5-7-11(8-6-10)23(16,20)21/h5-8,12,18-19H,4H2,1-3H3,(H2,16,20,21). The van der Waals surface area contributed by atoms with E-state index in [-0.39, 0.29) is 22.8 Å². The Morgan fingerprint density at radius 3 is 2.22 bits per heavy atom. The fraction of sp³-hybridized carbons (Fsp3) is 0.333. The summed E-state index contributed by atoms with van der Waals surface area (Å²) in [5.74, 6) is -0.270. The number of benzene rings is 1. The summed E-state index contributed by atoms with van der Waals surface area (Å²) in [7, 11) is -2.27. The molecule has 0 aliphatic carbocycles. The first kappa shape index (κ1) is 17.3. The molecular formula is C15H20N2O5S. The summed E-state index contributed by atoms with van der Waals surface area (Å²) in [5, 5.41) is 25.9. The van der Waals surface area contributed by atoms with Gasteiger partial charge in [-0.25, -0.2) is 13.6 Å². The van der Waals surface area contributed by atoms with Crippen molar-refractivity contribution in [3.05, 3.63) is 35.4 Å². The van der Waals surface area contributed by atoms with Crippen molar-refractivity contribution in [1.29, 1.82) is 0 Å². The van der Waals surface area contributed by atoms with Gasteiger partial charge in [-0.05, 0) is 37.6 Å². The lowest BCUT2D eigenvalue weighted by molar-refractivity contribution is 0.0971. The van der Waals surface area contributed by atoms with Gasteiger partial charge in [-0.3, -0.25) is 4.57 Å². The number of nitrogens with two attached hydrogens (primary N) is 1. The minimum Gasteiger partial charge on any atom is -0.494 e. The van der Waals surface area contributed by atoms with E-state index >= 15 is 0 Å². The van der Waals surface area contributed by atoms with E-state index in [2.05, 4.69) is 0 Å². The molecule has 1 atom stereocenters. The number of aromatic hydroxyl groups is 2. The van der Waals surface area contributed by atoms with Crippen LogP contribution in [0.15, 0.2) is 29.2 Å². The van der Waals surface area contributed by atoms with Gasteiger partial charge < -0.3 is 14.9 Å². The summed E-state index contributed by atoms with van der Waals surface area (Å²) in [6, 6.07) is 5.53. The molecule has 0 radical (unpaired) electrons. The van der Waals surface area contributed by atoms with E-state index in [9.17, 15) is 18.6 Å². The van der Waals surface area contributed by atoms with Crippen LogP contribution < -0.4 is 5.14 Å². The largest absolute Gasteiger partial charge is 0.494 e. The van der Waals surface area contributed by atoms with E-state index in [0.717, 1.165) is 0 Å². The first-order chi connectivity index (χ1) is 10.7. The molecular weight excluding hydrogens is 320 g/mol. The van der Waals surface area contributed by atoms with Crippen molar-refractivity contribution in [3.63, 3.8) is 0 Å². The number of primary sulfonamides is 1. The Kier molecular flexibility index (Phi) is 4.69. The number of nitrogens with zero attached hydrogens (tertiary/aromatic N) is 1. The van der Waals surface area contributed by atoms with Gasteiger partial charge in [-0.15, -0.1) is 0 Å². The maximum Gasteiger partial charge on any atom is 0.238 e. The molecule has 0 saturated carbocycles. The van der Waals surface area contributed by atoms with Gasteiger partial charge in [0.1, 0.15) is 0 Å². The van der Waals surface area contributed by atoms with Crippen LogP contribution in [0.3, 0.4) is 0 Å². The van der Waals surface area contributed by atoms with Crippen LogP contribution in [0.2, 0.25) is 0 Å². The number of methoxy groups -OCH3 is 1. The highest BCUT2D eigenvalue weighted by Gasteiger charge is 2.26. The van der Waals surface area contributed by atoms with Crippen LogP contribution in [0.25, 0.3) is 5.69 Å². The molecule has 126 valence electrons. The van der Waals surface area contributed by atoms with Crippen molar-refractivity contribution in [2.75, 3.05) is 7.11 Å². The smallest absolute Gasteiger partial charge is 0.238 e. The summed E-state index contributed by atoms with van der Waals surface area (Å²) in [6.07, 6.45) is 0.268. The normalized spacial score (nSPS) is 13.2. The molecule has 0 saturated heterocycles. The highest BCUT2D eigenvalue weighted by atomic mass is 32.2. The monoisotopic (exact) mass is 340 g/mol. The minimum atomic E-state index is -3.80. The third-order valence-electron chi connectivity index (χ3n) is 3.80. The van der Waals surface area contributed by atoms with Crippen molar-refractivity contribution in [1.82, 2.24) is 4.57 Å². The Bertz CT molecular complexity index is 805. The van der Waals surface area contributed by atoms with E-state index in [1.165, 1.54) is 35.9 Å². The van der Waals surface area contributed by atoms with Crippen molar-refractivity contribution in [2.45, 2.75) is 31.3 Å². The SMILES string of the molecule is CCC(OC)c1c(C)c(O)n(-c2ccc(S(N)(=O)=O)cc2)c1O. The summed E-state index contributed by atoms with van der Waals surface area (Å²) in [5.41, 5.74) is 1.42. The molecule has 2 rings (SSSR count). The molecule has 0 amide bonds. The summed E-state index contributed by atoms with van der Waals surface area (Å²) in [4.78, 5) is -0.0485. The lowest BCUT2D eigenvalue weighted by Crippen LogP contribution is -2.12. The van der Waals surface area contributed by atoms with E-state index in [4.69, 9.17) is 9.88 Å². The molecule has 4 N–H and O–H groups in total. The van der Waals surface area contributed by atoms with Gasteiger partial charge in [0.15, 0.2) is 0 Å². The summed E-state index contributed by atoms with van der Waals surface area (Å²) in [6.45, 7) is 3.59. The van der Waals surface area contributed by atoms with Gasteiger partial charge in [0.05, 0.1) is 16.7 Å². The number of aromatic nitrogens is 1. The zero-order valence-corrected chi connectivity index (χ0v) is 14.0. The van der Waals surface area contributed by atoms with Gasteiger partial charge >= 0.3 is 0 Å². The number of rotatable bonds is 5. The molecule has 23 heavy (non-hydrogen) atoms. The minimum absolute atomic E-state index is 0.0485. The van der Waals surface area contributed by atoms with Crippen molar-refractivity contribution in [3.8, 4) is 17.4 Å². The van der Waals surface area contributed by atoms with Gasteiger partial charge in [-0.1, -0.05) is 6.92 Å². The average molecular weight is 340 g/mol. The van der Waals surface area contributed by atoms with Crippen molar-refractivity contribution >= 4 is 10.0 Å². The van der Waals surface area contributed by atoms with Gasteiger partial charge in [0.2, 0.25) is 21.8 Å². The van der Waals surface area contributed by atoms with Gasteiger partial charge in [0.25, 0.3) is 0 Å². The third-order valence-corrected chi connectivity index (χ3v) is 4.73. The van der Waals surface area contributed by atoms with Crippen LogP contribution in [-0.2, 0) is 14.8 Å². The van der Waals surface area contributed by atoms with Gasteiger partial charge in [0, 0.05) is 18.2 Å². The number of ether oxygens (including phenoxy) is 1. The van der Waals surface area contributed by atoms with Crippen LogP contribution in [0, 0.1) is 6.92 Å². The van der Waals surface area contributed by atoms with Crippen LogP contribution in [0.5, 0.6) is 11.8 Å². The molecule has 2 aromatic rings. The average Bonchev–Trinajstić information content (AvgIpc) is 2.72. The summed E-state index contributed by atoms with van der Waals surface area (Å²) < 4.78 is 29.2. The van der Waals surface area contributed by atoms with Gasteiger partial charge in [-0.2, -0.15) is 0 Å². The molecule has 0 fully saturated rings. The molecule has 0 bridgehead atoms. The zero-order chi connectivity index (χ0) is 17.4. The molecule has 0 aliphatic heterocycles. The van der Waals surface area contributed by atoms with E-state index in [0.29, 0.717) is 23.2 Å². The molecule has 8 heteroatoms. The second-order valence-corrected chi connectivity index (χ2v) is 6.75. The number of sulfonamides is 1. The lowest BCUT2D eigenvalue weighted by Gasteiger charge is -2.13. The highest BCUT2D eigenvalue weighted by Crippen LogP contribution is 2.41. The Balaban J connectivity index is 2.59. The van der Waals surface area contributed by atoms with Crippen LogP contribution in [-0.4, -0.2) is 30.3 Å². The molecule has 7 nitrogen and oxygen atoms in total. The van der Waals surface area contributed by atoms with Crippen LogP contribution in [0.4, 0.5) is 0 Å². The van der Waals surface area contributed by atoms with Crippen molar-refractivity contribution in [2.24, 2.45) is 5.14 Å². The van der Waals surface area contributed by atoms with E-state index < -0.39 is 10.0 Å². The number of hydrogen-bond donors (Lipinski definition) is 3. The first-order valence-electron chi connectivity index (χ1n) is 7.01. The summed E-state index contributed by atoms with van der Waals surface area (Å²) >= 11 is 0. The molecule has 0 aliphatic rings. The van der Waals surface area contributed by atoms with E-state index in [1.54, 1.807) is 6.92 Å². The van der Waals surface area contributed by atoms with E-state index in [1.807, 2.05) is 6.92 Å². The second-order valence-electron chi connectivity index (χ2n) is 5.19. The van der Waals surface area contributed by atoms with Crippen LogP contribution >= 0.6 is 0 Å². The third kappa shape index (κ3) is 3.05. The maximum absolute atomic E-state index is 11.3. The fourth-order valence-corrected chi connectivity index (χ4v) is 3.10. The topological polar surface area (TPSA) is 115 Å². The van der Waals surface area contributed by atoms with Crippen LogP contribution in [0.1, 0.15) is 30.6 Å². The Hall–Kier alpha value is -2.03. The first-order valence-corrected chi connectivity index (χ1v) is 8.56. The molecule has 1 heterocycles. The predicted octanol–water partition coefficient (Wildman–Crippen LogP) is 1.94. The Morgan fingerprint density at radius 1 is 1.22 bits per heavy atom. The quantitative estimate of drug-likeness (QED) is 0.769. The highest BCUT2D eigenvalue weighted by molar-refractivity contribution is 7.89. The Labute approximate surface area is 135 Å². The fourth-order valence-electron chi connectivity index (χ4n) is 2.58. The lowest BCUT2D eigenvalue weighted by atomic mass is 10.1. The molecule has 1 unspecified atom stereocenters. The zero-order valence-electron chi connectivity index (χ0n) is 13.1.